The molecule has 19 heteroatoms. The molecule has 3 fully saturated rings. The highest BCUT2D eigenvalue weighted by atomic mass is 32.2. The molecule has 4 atom stereocenters. The number of cyclic esters (lactones) is 1. The topological polar surface area (TPSA) is 189 Å². The van der Waals surface area contributed by atoms with E-state index in [9.17, 15) is 27.6 Å². The number of benzene rings is 1. The van der Waals surface area contributed by atoms with Gasteiger partial charge in [0, 0.05) is 92.3 Å². The lowest BCUT2D eigenvalue weighted by Gasteiger charge is -2.52. The average molecular weight is 960 g/mol. The molecule has 0 aliphatic carbocycles. The molecule has 67 heavy (non-hydrogen) atoms. The van der Waals surface area contributed by atoms with E-state index in [0.717, 1.165) is 51.1 Å². The number of hydrogen-bond donors (Lipinski definition) is 2. The van der Waals surface area contributed by atoms with Crippen molar-refractivity contribution in [3.63, 3.8) is 0 Å². The van der Waals surface area contributed by atoms with Gasteiger partial charge in [0.15, 0.2) is 0 Å². The van der Waals surface area contributed by atoms with Crippen molar-refractivity contribution in [2.24, 2.45) is 11.3 Å². The molecule has 3 aromatic heterocycles. The Hall–Kier alpha value is -4.95. The summed E-state index contributed by atoms with van der Waals surface area (Å²) >= 11 is 1.40. The van der Waals surface area contributed by atoms with Crippen molar-refractivity contribution in [1.29, 1.82) is 0 Å². The number of nitrogens with zero attached hydrogens (tertiary/aromatic N) is 7. The number of likely N-dealkylation sites (tertiary alicyclic amines) is 1. The van der Waals surface area contributed by atoms with Crippen LogP contribution in [0.25, 0.3) is 33.4 Å². The third kappa shape index (κ3) is 9.45. The van der Waals surface area contributed by atoms with E-state index in [2.05, 4.69) is 60.3 Å². The Kier molecular flexibility index (Phi) is 13.7. The Morgan fingerprint density at radius 3 is 2.58 bits per heavy atom. The number of aromatic nitrogens is 3. The van der Waals surface area contributed by atoms with Crippen LogP contribution in [0.3, 0.4) is 0 Å². The fraction of sp³-hybridized carbons (Fsp3) is 0.583. The second kappa shape index (κ2) is 18.9. The van der Waals surface area contributed by atoms with Crippen molar-refractivity contribution in [1.82, 2.24) is 44.4 Å². The van der Waals surface area contributed by atoms with Crippen LogP contribution in [0.2, 0.25) is 0 Å². The number of nitrogens with one attached hydrogen (secondary N) is 2. The van der Waals surface area contributed by atoms with Gasteiger partial charge in [0.1, 0.15) is 18.1 Å². The highest BCUT2D eigenvalue weighted by molar-refractivity contribution is 7.88. The number of urea groups is 1. The molecule has 7 heterocycles. The summed E-state index contributed by atoms with van der Waals surface area (Å²) in [5, 5.41) is 8.07. The van der Waals surface area contributed by atoms with Gasteiger partial charge in [-0.15, -0.1) is 11.3 Å². The van der Waals surface area contributed by atoms with Crippen molar-refractivity contribution in [2.75, 3.05) is 53.2 Å². The fourth-order valence-electron chi connectivity index (χ4n) is 10.5. The Labute approximate surface area is 397 Å². The number of hydrogen-bond acceptors (Lipinski definition) is 12. The molecule has 4 aliphatic rings. The fourth-order valence-corrected chi connectivity index (χ4v) is 12.3. The number of rotatable bonds is 9. The van der Waals surface area contributed by atoms with Crippen molar-refractivity contribution < 1.29 is 37.1 Å². The lowest BCUT2D eigenvalue weighted by atomic mass is 9.84. The highest BCUT2D eigenvalue weighted by Crippen LogP contribution is 2.43. The summed E-state index contributed by atoms with van der Waals surface area (Å²) in [4.78, 5) is 70.5. The number of aryl methyl sites for hydroxylation is 1. The van der Waals surface area contributed by atoms with Crippen LogP contribution in [0.1, 0.15) is 89.6 Å². The molecule has 4 amide bonds. The predicted molar refractivity (Wildman–Crippen MR) is 256 cm³/mol. The normalized spacial score (nSPS) is 22.1. The number of thiazole rings is 1. The van der Waals surface area contributed by atoms with Crippen LogP contribution in [0.5, 0.6) is 0 Å². The van der Waals surface area contributed by atoms with Gasteiger partial charge in [-0.1, -0.05) is 33.8 Å². The van der Waals surface area contributed by atoms with Crippen molar-refractivity contribution >= 4 is 56.1 Å². The van der Waals surface area contributed by atoms with E-state index < -0.39 is 56.9 Å². The van der Waals surface area contributed by atoms with Gasteiger partial charge in [0.2, 0.25) is 15.9 Å². The van der Waals surface area contributed by atoms with E-state index in [4.69, 9.17) is 19.4 Å². The Morgan fingerprint density at radius 1 is 1.12 bits per heavy atom. The first-order chi connectivity index (χ1) is 31.8. The molecule has 4 aliphatic heterocycles. The standard InChI is InChI=1S/C48H65N9O8S2/c1-10-55-38-17-16-31-22-33(38)34(42(55)32-14-11-19-49-40(32)30(4)64-8)24-47(5,6)28-65-45(60)35-15-12-21-57(52-35)44(59)36(23-39-50-37(31)25-66-39)51-43(58)41(29(2)3)53(7)46(61)56-20-13-18-48(56)26-54(27-48)67(9,62)63/h11,14,16-17,19,22,25,29-30,35-36,41,52H,10,12-13,15,18,20-21,23-24,26-28H2,1-9H3,(H,51,58)/t30-,35-,36-,41-/m0/s1. The third-order valence-corrected chi connectivity index (χ3v) is 16.1. The minimum absolute atomic E-state index is 0.0566. The molecular formula is C48H65N9O8S2. The molecule has 1 aromatic carbocycles. The van der Waals surface area contributed by atoms with E-state index in [1.54, 1.807) is 25.3 Å². The summed E-state index contributed by atoms with van der Waals surface area (Å²) in [5.74, 6) is -1.77. The van der Waals surface area contributed by atoms with Gasteiger partial charge in [-0.25, -0.2) is 23.6 Å². The van der Waals surface area contributed by atoms with Crippen molar-refractivity contribution in [3.8, 4) is 22.5 Å². The lowest BCUT2D eigenvalue weighted by molar-refractivity contribution is -0.155. The maximum Gasteiger partial charge on any atom is 0.324 e. The number of amides is 4. The zero-order valence-electron chi connectivity index (χ0n) is 40.1. The molecule has 2 N–H and O–H groups in total. The van der Waals surface area contributed by atoms with Crippen molar-refractivity contribution in [2.45, 2.75) is 116 Å². The van der Waals surface area contributed by atoms with E-state index in [1.807, 2.05) is 32.2 Å². The van der Waals surface area contributed by atoms with Gasteiger partial charge in [0.05, 0.1) is 46.6 Å². The first-order valence-electron chi connectivity index (χ1n) is 23.4. The molecule has 4 aromatic rings. The Bertz CT molecular complexity index is 2660. The van der Waals surface area contributed by atoms with Crippen molar-refractivity contribution in [3.05, 3.63) is 58.2 Å². The summed E-state index contributed by atoms with van der Waals surface area (Å²) in [7, 11) is -0.146. The smallest absolute Gasteiger partial charge is 0.324 e. The number of likely N-dealkylation sites (N-methyl/N-ethyl adjacent to an activating group) is 1. The molecule has 3 saturated heterocycles. The van der Waals surface area contributed by atoms with Crippen LogP contribution < -0.4 is 10.7 Å². The van der Waals surface area contributed by atoms with E-state index in [0.29, 0.717) is 50.3 Å². The van der Waals surface area contributed by atoms with Crippen LogP contribution in [0, 0.1) is 11.3 Å². The molecule has 1 spiro atoms. The zero-order chi connectivity index (χ0) is 48.2. The lowest BCUT2D eigenvalue weighted by Crippen LogP contribution is -2.71. The van der Waals surface area contributed by atoms with Crippen LogP contribution in [-0.2, 0) is 53.3 Å². The Balaban J connectivity index is 1.15. The summed E-state index contributed by atoms with van der Waals surface area (Å²) in [5.41, 5.74) is 8.57. The maximum atomic E-state index is 14.7. The minimum Gasteiger partial charge on any atom is -0.464 e. The third-order valence-electron chi connectivity index (χ3n) is 14.0. The average Bonchev–Trinajstić information content (AvgIpc) is 4.02. The maximum absolute atomic E-state index is 14.7. The summed E-state index contributed by atoms with van der Waals surface area (Å²) in [6.07, 6.45) is 5.69. The van der Waals surface area contributed by atoms with Gasteiger partial charge in [0.25, 0.3) is 5.91 Å². The zero-order valence-corrected chi connectivity index (χ0v) is 41.8. The van der Waals surface area contributed by atoms with Crippen LogP contribution >= 0.6 is 11.3 Å². The number of ether oxygens (including phenoxy) is 2. The highest BCUT2D eigenvalue weighted by Gasteiger charge is 2.55. The van der Waals surface area contributed by atoms with E-state index in [-0.39, 0.29) is 44.2 Å². The number of fused-ring (bicyclic) bond motifs is 6. The largest absolute Gasteiger partial charge is 0.464 e. The van der Waals surface area contributed by atoms with Gasteiger partial charge < -0.3 is 29.2 Å². The van der Waals surface area contributed by atoms with Crippen LogP contribution in [-0.4, -0.2) is 143 Å². The molecular weight excluding hydrogens is 895 g/mol. The first kappa shape index (κ1) is 48.5. The molecule has 0 unspecified atom stereocenters. The Morgan fingerprint density at radius 2 is 1.88 bits per heavy atom. The monoisotopic (exact) mass is 959 g/mol. The quantitative estimate of drug-likeness (QED) is 0.205. The van der Waals surface area contributed by atoms with Gasteiger partial charge in [-0.2, -0.15) is 4.31 Å². The van der Waals surface area contributed by atoms with E-state index in [1.165, 1.54) is 31.8 Å². The SMILES string of the molecule is CCn1c(-c2cccnc2[C@H](C)OC)c2c3cc(ccc31)-c1csc(n1)C[C@H](NC(=O)[C@H](C(C)C)N(C)C(=O)N1CCCC13CN(S(C)(=O)=O)C3)C(=O)N1CCC[C@H](N1)C(=O)OCC(C)(C)C2. The number of hydrazine groups is 1. The molecule has 17 nitrogen and oxygen atoms in total. The molecule has 0 saturated carbocycles. The number of methoxy groups -OCH3 is 1. The van der Waals surface area contributed by atoms with Gasteiger partial charge in [-0.3, -0.25) is 24.4 Å². The number of carbonyl (C=O) groups excluding carboxylic acids is 4. The van der Waals surface area contributed by atoms with E-state index >= 15 is 0 Å². The predicted octanol–water partition coefficient (Wildman–Crippen LogP) is 5.39. The number of pyridine rings is 1. The molecule has 8 rings (SSSR count). The van der Waals surface area contributed by atoms with Gasteiger partial charge in [-0.05, 0) is 81.7 Å². The summed E-state index contributed by atoms with van der Waals surface area (Å²) in [6.45, 7) is 14.0. The molecule has 6 bridgehead atoms. The van der Waals surface area contributed by atoms with Gasteiger partial charge >= 0.3 is 12.0 Å². The van der Waals surface area contributed by atoms with Crippen LogP contribution in [0.15, 0.2) is 41.9 Å². The second-order valence-corrected chi connectivity index (χ2v) is 22.8. The number of carbonyl (C=O) groups is 4. The second-order valence-electron chi connectivity index (χ2n) is 19.9. The number of esters is 1. The molecule has 0 radical (unpaired) electrons. The molecule has 362 valence electrons. The summed E-state index contributed by atoms with van der Waals surface area (Å²) < 4.78 is 40.2. The summed E-state index contributed by atoms with van der Waals surface area (Å²) in [6, 6.07) is 7.14. The minimum atomic E-state index is -3.41. The number of sulfonamides is 1. The first-order valence-corrected chi connectivity index (χ1v) is 26.1. The van der Waals surface area contributed by atoms with Crippen LogP contribution in [0.4, 0.5) is 4.79 Å².